The Morgan fingerprint density at radius 3 is 2.79 bits per heavy atom. The number of methoxy groups -OCH3 is 1. The molecule has 0 aliphatic heterocycles. The summed E-state index contributed by atoms with van der Waals surface area (Å²) < 4.78 is 11.3. The Balaban J connectivity index is 2.42. The summed E-state index contributed by atoms with van der Waals surface area (Å²) in [7, 11) is 1.69. The van der Waals surface area contributed by atoms with E-state index in [1.165, 1.54) is 16.7 Å². The van der Waals surface area contributed by atoms with Gasteiger partial charge in [-0.1, -0.05) is 6.92 Å². The standard InChI is InChI=1S/C16H20O3/c1-8-7-19-16-13(8)10(3)14-9(2)12(17)6-5-11(14)15(16)18-4/h7,9,12,17H,5-6H2,1-4H3/t9-,12-/m0/s1. The summed E-state index contributed by atoms with van der Waals surface area (Å²) in [6, 6.07) is 0. The molecule has 0 saturated heterocycles. The van der Waals surface area contributed by atoms with Crippen molar-refractivity contribution in [2.75, 3.05) is 7.11 Å². The van der Waals surface area contributed by atoms with Crippen molar-refractivity contribution in [3.8, 4) is 5.75 Å². The Labute approximate surface area is 113 Å². The number of aryl methyl sites for hydroxylation is 2. The molecule has 3 heteroatoms. The number of benzene rings is 1. The first kappa shape index (κ1) is 12.5. The summed E-state index contributed by atoms with van der Waals surface area (Å²) in [6.07, 6.45) is 3.16. The first-order valence-electron chi connectivity index (χ1n) is 6.81. The first-order valence-corrected chi connectivity index (χ1v) is 6.81. The minimum Gasteiger partial charge on any atom is -0.493 e. The lowest BCUT2D eigenvalue weighted by Crippen LogP contribution is -2.24. The third-order valence-electron chi connectivity index (χ3n) is 4.49. The molecule has 0 radical (unpaired) electrons. The molecule has 0 saturated carbocycles. The number of ether oxygens (including phenoxy) is 1. The van der Waals surface area contributed by atoms with E-state index < -0.39 is 0 Å². The average molecular weight is 260 g/mol. The molecule has 2 aromatic rings. The molecule has 102 valence electrons. The molecule has 0 fully saturated rings. The molecule has 2 atom stereocenters. The van der Waals surface area contributed by atoms with Gasteiger partial charge in [0.25, 0.3) is 0 Å². The topological polar surface area (TPSA) is 42.6 Å². The lowest BCUT2D eigenvalue weighted by atomic mass is 9.78. The van der Waals surface area contributed by atoms with E-state index in [2.05, 4.69) is 20.8 Å². The molecule has 0 bridgehead atoms. The van der Waals surface area contributed by atoms with Crippen molar-refractivity contribution >= 4 is 11.0 Å². The molecule has 1 aromatic heterocycles. The molecule has 3 nitrogen and oxygen atoms in total. The number of furan rings is 1. The highest BCUT2D eigenvalue weighted by Gasteiger charge is 2.31. The van der Waals surface area contributed by atoms with E-state index in [9.17, 15) is 5.11 Å². The second kappa shape index (κ2) is 4.27. The molecule has 0 spiro atoms. The quantitative estimate of drug-likeness (QED) is 0.853. The summed E-state index contributed by atoms with van der Waals surface area (Å²) in [4.78, 5) is 0. The van der Waals surface area contributed by atoms with Gasteiger partial charge in [0.05, 0.1) is 19.5 Å². The van der Waals surface area contributed by atoms with Gasteiger partial charge < -0.3 is 14.3 Å². The van der Waals surface area contributed by atoms with Gasteiger partial charge in [0.15, 0.2) is 11.3 Å². The van der Waals surface area contributed by atoms with Gasteiger partial charge in [-0.15, -0.1) is 0 Å². The van der Waals surface area contributed by atoms with Crippen LogP contribution >= 0.6 is 0 Å². The summed E-state index contributed by atoms with van der Waals surface area (Å²) in [5, 5.41) is 11.3. The highest BCUT2D eigenvalue weighted by molar-refractivity contribution is 5.92. The van der Waals surface area contributed by atoms with Crippen molar-refractivity contribution in [1.29, 1.82) is 0 Å². The third kappa shape index (κ3) is 1.61. The van der Waals surface area contributed by atoms with Gasteiger partial charge in [-0.2, -0.15) is 0 Å². The van der Waals surface area contributed by atoms with Gasteiger partial charge >= 0.3 is 0 Å². The smallest absolute Gasteiger partial charge is 0.176 e. The fourth-order valence-corrected chi connectivity index (χ4v) is 3.51. The van der Waals surface area contributed by atoms with E-state index in [0.29, 0.717) is 0 Å². The monoisotopic (exact) mass is 260 g/mol. The zero-order valence-corrected chi connectivity index (χ0v) is 11.9. The van der Waals surface area contributed by atoms with Gasteiger partial charge in [0.2, 0.25) is 0 Å². The Hall–Kier alpha value is -1.48. The Kier molecular flexibility index (Phi) is 2.82. The van der Waals surface area contributed by atoms with E-state index in [0.717, 1.165) is 35.1 Å². The van der Waals surface area contributed by atoms with Crippen molar-refractivity contribution in [2.24, 2.45) is 0 Å². The van der Waals surface area contributed by atoms with Crippen molar-refractivity contribution in [3.05, 3.63) is 28.5 Å². The predicted molar refractivity (Wildman–Crippen MR) is 75.0 cm³/mol. The van der Waals surface area contributed by atoms with E-state index in [1.54, 1.807) is 13.4 Å². The van der Waals surface area contributed by atoms with Crippen LogP contribution in [0.1, 0.15) is 41.5 Å². The van der Waals surface area contributed by atoms with Crippen molar-refractivity contribution in [1.82, 2.24) is 0 Å². The van der Waals surface area contributed by atoms with Crippen molar-refractivity contribution in [3.63, 3.8) is 0 Å². The van der Waals surface area contributed by atoms with E-state index >= 15 is 0 Å². The summed E-state index contributed by atoms with van der Waals surface area (Å²) >= 11 is 0. The molecule has 1 heterocycles. The van der Waals surface area contributed by atoms with Crippen LogP contribution in [0.15, 0.2) is 10.7 Å². The highest BCUT2D eigenvalue weighted by Crippen LogP contribution is 2.45. The van der Waals surface area contributed by atoms with Crippen LogP contribution in [0, 0.1) is 13.8 Å². The Morgan fingerprint density at radius 1 is 1.37 bits per heavy atom. The van der Waals surface area contributed by atoms with Crippen LogP contribution in [0.5, 0.6) is 5.75 Å². The number of rotatable bonds is 1. The maximum atomic E-state index is 10.1. The highest BCUT2D eigenvalue weighted by atomic mass is 16.5. The molecule has 19 heavy (non-hydrogen) atoms. The lowest BCUT2D eigenvalue weighted by molar-refractivity contribution is 0.131. The van der Waals surface area contributed by atoms with Crippen LogP contribution < -0.4 is 4.74 Å². The minimum absolute atomic E-state index is 0.149. The first-order chi connectivity index (χ1) is 9.06. The average Bonchev–Trinajstić information content (AvgIpc) is 2.77. The number of hydrogen-bond acceptors (Lipinski definition) is 3. The van der Waals surface area contributed by atoms with Crippen molar-refractivity contribution < 1.29 is 14.3 Å². The second-order valence-corrected chi connectivity index (χ2v) is 5.57. The number of hydrogen-bond donors (Lipinski definition) is 1. The van der Waals surface area contributed by atoms with Crippen LogP contribution in [-0.4, -0.2) is 18.3 Å². The summed E-state index contributed by atoms with van der Waals surface area (Å²) in [5.74, 6) is 0.999. The molecule has 0 unspecified atom stereocenters. The third-order valence-corrected chi connectivity index (χ3v) is 4.49. The molecular formula is C16H20O3. The fraction of sp³-hybridized carbons (Fsp3) is 0.500. The summed E-state index contributed by atoms with van der Waals surface area (Å²) in [6.45, 7) is 6.27. The Morgan fingerprint density at radius 2 is 2.11 bits per heavy atom. The lowest BCUT2D eigenvalue weighted by Gasteiger charge is -2.30. The molecule has 0 amide bonds. The van der Waals surface area contributed by atoms with Crippen LogP contribution in [0.3, 0.4) is 0 Å². The molecule has 1 aliphatic rings. The maximum Gasteiger partial charge on any atom is 0.176 e. The molecule has 1 aliphatic carbocycles. The van der Waals surface area contributed by atoms with Crippen LogP contribution in [0.25, 0.3) is 11.0 Å². The Bertz CT molecular complexity index is 639. The largest absolute Gasteiger partial charge is 0.493 e. The maximum absolute atomic E-state index is 10.1. The summed E-state index contributed by atoms with van der Waals surface area (Å²) in [5.41, 5.74) is 5.65. The zero-order chi connectivity index (χ0) is 13.7. The van der Waals surface area contributed by atoms with E-state index in [1.807, 2.05) is 0 Å². The second-order valence-electron chi connectivity index (χ2n) is 5.57. The van der Waals surface area contributed by atoms with Gasteiger partial charge in [0, 0.05) is 16.9 Å². The van der Waals surface area contributed by atoms with Gasteiger partial charge in [0.1, 0.15) is 0 Å². The molecule has 1 N–H and O–H groups in total. The normalized spacial score (nSPS) is 22.6. The fourth-order valence-electron chi connectivity index (χ4n) is 3.51. The number of aliphatic hydroxyl groups excluding tert-OH is 1. The van der Waals surface area contributed by atoms with Crippen LogP contribution in [0.2, 0.25) is 0 Å². The van der Waals surface area contributed by atoms with Crippen LogP contribution in [-0.2, 0) is 6.42 Å². The van der Waals surface area contributed by atoms with Crippen LogP contribution in [0.4, 0.5) is 0 Å². The molecule has 1 aromatic carbocycles. The molecular weight excluding hydrogens is 240 g/mol. The number of aliphatic hydroxyl groups is 1. The van der Waals surface area contributed by atoms with E-state index in [-0.39, 0.29) is 12.0 Å². The predicted octanol–water partition coefficient (Wildman–Crippen LogP) is 3.47. The number of fused-ring (bicyclic) bond motifs is 2. The minimum atomic E-state index is -0.263. The van der Waals surface area contributed by atoms with Gasteiger partial charge in [-0.05, 0) is 43.4 Å². The zero-order valence-electron chi connectivity index (χ0n) is 11.9. The van der Waals surface area contributed by atoms with Gasteiger partial charge in [-0.25, -0.2) is 0 Å². The SMILES string of the molecule is COc1c2c(c(C)c3c(C)coc13)[C@@H](C)[C@@H](O)CC2. The molecule has 3 rings (SSSR count). The van der Waals surface area contributed by atoms with Crippen molar-refractivity contribution in [2.45, 2.75) is 45.6 Å². The van der Waals surface area contributed by atoms with E-state index in [4.69, 9.17) is 9.15 Å². The van der Waals surface area contributed by atoms with Gasteiger partial charge in [-0.3, -0.25) is 0 Å².